The largest absolute Gasteiger partial charge is 0.385 e. The number of rotatable bonds is 6. The summed E-state index contributed by atoms with van der Waals surface area (Å²) in [4.78, 5) is 16.9. The summed E-state index contributed by atoms with van der Waals surface area (Å²) in [6.45, 7) is 2.06. The van der Waals surface area contributed by atoms with Crippen molar-refractivity contribution >= 4 is 17.5 Å². The summed E-state index contributed by atoms with van der Waals surface area (Å²) < 4.78 is 45.2. The summed E-state index contributed by atoms with van der Waals surface area (Å²) in [5, 5.41) is 16.7. The first-order valence-corrected chi connectivity index (χ1v) is 10.4. The number of amides is 1. The summed E-state index contributed by atoms with van der Waals surface area (Å²) in [7, 11) is 0. The van der Waals surface area contributed by atoms with E-state index in [1.807, 2.05) is 0 Å². The van der Waals surface area contributed by atoms with E-state index in [-0.39, 0.29) is 22.6 Å². The number of fused-ring (bicyclic) bond motifs is 1. The zero-order chi connectivity index (χ0) is 24.6. The molecule has 1 unspecified atom stereocenters. The molecule has 2 heterocycles. The molecule has 2 aromatic heterocycles. The number of nitrogen functional groups attached to an aromatic ring is 1. The van der Waals surface area contributed by atoms with E-state index in [0.29, 0.717) is 16.8 Å². The minimum absolute atomic E-state index is 0.0682. The van der Waals surface area contributed by atoms with E-state index in [4.69, 9.17) is 5.73 Å². The molecule has 34 heavy (non-hydrogen) atoms. The lowest BCUT2D eigenvalue weighted by molar-refractivity contribution is 0.00351. The fraction of sp³-hybridized carbons (Fsp3) is 0.208. The number of aromatic nitrogens is 3. The number of nitrogens with one attached hydrogen (secondary N) is 1. The number of nitrogens with two attached hydrogens (primary N) is 1. The second-order valence-electron chi connectivity index (χ2n) is 8.22. The second kappa shape index (κ2) is 8.79. The molecule has 176 valence electrons. The van der Waals surface area contributed by atoms with Crippen LogP contribution in [0.25, 0.3) is 16.8 Å². The highest BCUT2D eigenvalue weighted by atomic mass is 19.1. The topological polar surface area (TPSA) is 106 Å². The fourth-order valence-electron chi connectivity index (χ4n) is 3.67. The normalized spacial score (nSPS) is 14.1. The van der Waals surface area contributed by atoms with Crippen molar-refractivity contribution in [3.63, 3.8) is 0 Å². The molecule has 4 N–H and O–H groups in total. The van der Waals surface area contributed by atoms with Gasteiger partial charge in [0.2, 0.25) is 5.95 Å². The van der Waals surface area contributed by atoms with Crippen molar-refractivity contribution in [2.75, 3.05) is 12.3 Å². The molecule has 4 rings (SSSR count). The lowest BCUT2D eigenvalue weighted by Crippen LogP contribution is -2.42. The number of pyridine rings is 1. The maximum absolute atomic E-state index is 15.4. The molecular formula is C24H22F3N5O2. The Balaban J connectivity index is 1.57. The van der Waals surface area contributed by atoms with E-state index in [1.54, 1.807) is 31.3 Å². The van der Waals surface area contributed by atoms with Crippen molar-refractivity contribution in [1.82, 2.24) is 19.9 Å². The van der Waals surface area contributed by atoms with Crippen molar-refractivity contribution in [1.29, 1.82) is 0 Å². The molecule has 4 aromatic rings. The number of alkyl halides is 1. The Morgan fingerprint density at radius 3 is 2.62 bits per heavy atom. The van der Waals surface area contributed by atoms with E-state index < -0.39 is 35.9 Å². The zero-order valence-electron chi connectivity index (χ0n) is 18.4. The van der Waals surface area contributed by atoms with Crippen LogP contribution in [-0.4, -0.2) is 37.8 Å². The zero-order valence-corrected chi connectivity index (χ0v) is 18.4. The number of carbonyl (C=O) groups is 1. The lowest BCUT2D eigenvalue weighted by Gasteiger charge is -2.27. The molecule has 0 aliphatic heterocycles. The Labute approximate surface area is 193 Å². The molecule has 7 nitrogen and oxygen atoms in total. The Morgan fingerprint density at radius 2 is 1.91 bits per heavy atom. The number of halogens is 3. The highest BCUT2D eigenvalue weighted by molar-refractivity contribution is 5.97. The molecule has 0 aliphatic rings. The summed E-state index contributed by atoms with van der Waals surface area (Å²) in [5.41, 5.74) is 4.56. The van der Waals surface area contributed by atoms with Gasteiger partial charge < -0.3 is 16.2 Å². The molecular weight excluding hydrogens is 447 g/mol. The fourth-order valence-corrected chi connectivity index (χ4v) is 3.67. The minimum Gasteiger partial charge on any atom is -0.385 e. The lowest BCUT2D eigenvalue weighted by atomic mass is 9.94. The maximum atomic E-state index is 15.4. The van der Waals surface area contributed by atoms with Gasteiger partial charge >= 0.3 is 0 Å². The van der Waals surface area contributed by atoms with Gasteiger partial charge in [0.1, 0.15) is 17.7 Å². The predicted molar refractivity (Wildman–Crippen MR) is 121 cm³/mol. The van der Waals surface area contributed by atoms with Crippen LogP contribution in [-0.2, 0) is 0 Å². The smallest absolute Gasteiger partial charge is 0.254 e. The quantitative estimate of drug-likeness (QED) is 0.399. The van der Waals surface area contributed by atoms with Gasteiger partial charge in [-0.25, -0.2) is 17.7 Å². The molecule has 0 aliphatic carbocycles. The van der Waals surface area contributed by atoms with Gasteiger partial charge in [0.05, 0.1) is 12.1 Å². The van der Waals surface area contributed by atoms with Crippen molar-refractivity contribution in [2.24, 2.45) is 0 Å². The Kier molecular flexibility index (Phi) is 6.01. The summed E-state index contributed by atoms with van der Waals surface area (Å²) >= 11 is 0. The molecule has 0 radical (unpaired) electrons. The SMILES string of the molecule is Cc1ccc(-c2ccn3nc(N)nc3c2)c(F)c1C(=O)NCC(C)(F)[C@@H](O)c1ccc(F)cc1. The van der Waals surface area contributed by atoms with Crippen LogP contribution < -0.4 is 11.1 Å². The number of aliphatic hydroxyl groups is 1. The van der Waals surface area contributed by atoms with E-state index in [9.17, 15) is 14.3 Å². The third-order valence-corrected chi connectivity index (χ3v) is 5.59. The van der Waals surface area contributed by atoms with Crippen molar-refractivity contribution in [2.45, 2.75) is 25.6 Å². The Hall–Kier alpha value is -3.92. The number of aryl methyl sites for hydroxylation is 1. The van der Waals surface area contributed by atoms with Crippen LogP contribution in [0.4, 0.5) is 19.1 Å². The number of aliphatic hydroxyl groups excluding tert-OH is 1. The van der Waals surface area contributed by atoms with Gasteiger partial charge in [0, 0.05) is 11.8 Å². The predicted octanol–water partition coefficient (Wildman–Crippen LogP) is 3.76. The molecule has 0 spiro atoms. The van der Waals surface area contributed by atoms with E-state index >= 15 is 8.78 Å². The van der Waals surface area contributed by atoms with Gasteiger partial charge in [-0.1, -0.05) is 24.3 Å². The second-order valence-corrected chi connectivity index (χ2v) is 8.22. The van der Waals surface area contributed by atoms with Crippen LogP contribution in [0.15, 0.2) is 54.7 Å². The molecule has 10 heteroatoms. The van der Waals surface area contributed by atoms with Gasteiger partial charge in [0.15, 0.2) is 11.3 Å². The van der Waals surface area contributed by atoms with Crippen LogP contribution in [0, 0.1) is 18.6 Å². The Morgan fingerprint density at radius 1 is 1.21 bits per heavy atom. The van der Waals surface area contributed by atoms with Crippen LogP contribution in [0.1, 0.15) is 34.5 Å². The average molecular weight is 469 g/mol. The number of carbonyl (C=O) groups excluding carboxylic acids is 1. The molecule has 0 saturated heterocycles. The van der Waals surface area contributed by atoms with Crippen molar-refractivity contribution in [3.05, 3.63) is 83.1 Å². The van der Waals surface area contributed by atoms with Gasteiger partial charge in [-0.3, -0.25) is 4.79 Å². The first kappa shape index (κ1) is 23.2. The maximum Gasteiger partial charge on any atom is 0.254 e. The third-order valence-electron chi connectivity index (χ3n) is 5.59. The average Bonchev–Trinajstić information content (AvgIpc) is 3.17. The highest BCUT2D eigenvalue weighted by Crippen LogP contribution is 2.30. The number of nitrogens with zero attached hydrogens (tertiary/aromatic N) is 3. The molecule has 0 bridgehead atoms. The molecule has 2 atom stereocenters. The van der Waals surface area contributed by atoms with Gasteiger partial charge in [-0.15, -0.1) is 5.10 Å². The van der Waals surface area contributed by atoms with Crippen molar-refractivity contribution < 1.29 is 23.1 Å². The first-order chi connectivity index (χ1) is 16.1. The number of hydrogen-bond acceptors (Lipinski definition) is 5. The van der Waals surface area contributed by atoms with E-state index in [0.717, 1.165) is 19.1 Å². The van der Waals surface area contributed by atoms with Crippen molar-refractivity contribution in [3.8, 4) is 11.1 Å². The first-order valence-electron chi connectivity index (χ1n) is 10.4. The van der Waals surface area contributed by atoms with Crippen LogP contribution in [0.5, 0.6) is 0 Å². The number of anilines is 1. The van der Waals surface area contributed by atoms with E-state index in [2.05, 4.69) is 15.4 Å². The summed E-state index contributed by atoms with van der Waals surface area (Å²) in [6.07, 6.45) is -0.0636. The van der Waals surface area contributed by atoms with Crippen LogP contribution in [0.3, 0.4) is 0 Å². The van der Waals surface area contributed by atoms with Crippen LogP contribution >= 0.6 is 0 Å². The van der Waals surface area contributed by atoms with Gasteiger partial charge in [-0.05, 0) is 54.8 Å². The number of hydrogen-bond donors (Lipinski definition) is 3. The molecule has 2 aromatic carbocycles. The monoisotopic (exact) mass is 469 g/mol. The molecule has 1 amide bonds. The highest BCUT2D eigenvalue weighted by Gasteiger charge is 2.35. The molecule has 0 fully saturated rings. The minimum atomic E-state index is -2.30. The summed E-state index contributed by atoms with van der Waals surface area (Å²) in [5.74, 6) is -2.07. The van der Waals surface area contributed by atoms with Gasteiger partial charge in [0.25, 0.3) is 5.91 Å². The Bertz CT molecular complexity index is 1370. The number of benzene rings is 2. The van der Waals surface area contributed by atoms with E-state index in [1.165, 1.54) is 22.7 Å². The van der Waals surface area contributed by atoms with Gasteiger partial charge in [-0.2, -0.15) is 4.98 Å². The third kappa shape index (κ3) is 4.44. The van der Waals surface area contributed by atoms with Crippen LogP contribution in [0.2, 0.25) is 0 Å². The molecule has 0 saturated carbocycles. The standard InChI is InChI=1S/C24H22F3N5O2/c1-13-3-8-17(15-9-10-32-18(11-15)30-23(28)31-32)20(26)19(13)22(34)29-12-24(2,27)21(33)14-4-6-16(25)7-5-14/h3-11,21,33H,12H2,1-2H3,(H2,28,31)(H,29,34)/t21-,24?/m0/s1. The summed E-state index contributed by atoms with van der Waals surface area (Å²) in [6, 6.07) is 11.0.